The highest BCUT2D eigenvalue weighted by Gasteiger charge is 2.05. The molecular formula is C8H11N3OS. The second-order valence-electron chi connectivity index (χ2n) is 2.29. The predicted molar refractivity (Wildman–Crippen MR) is 53.1 cm³/mol. The molecule has 0 unspecified atom stereocenters. The Hall–Kier alpha value is -1.23. The van der Waals surface area contributed by atoms with Crippen molar-refractivity contribution >= 4 is 17.6 Å². The molecule has 0 aromatic carbocycles. The monoisotopic (exact) mass is 197 g/mol. The second kappa shape index (κ2) is 4.71. The van der Waals surface area contributed by atoms with E-state index >= 15 is 0 Å². The van der Waals surface area contributed by atoms with E-state index in [-0.39, 0.29) is 5.84 Å². The molecule has 0 aliphatic carbocycles. The minimum atomic E-state index is 0.123. The number of hydrogen-bond donors (Lipinski definition) is 2. The smallest absolute Gasteiger partial charge is 0.171 e. The third-order valence-electron chi connectivity index (χ3n) is 1.47. The lowest BCUT2D eigenvalue weighted by Crippen LogP contribution is -2.14. The van der Waals surface area contributed by atoms with Gasteiger partial charge in [0.25, 0.3) is 0 Å². The van der Waals surface area contributed by atoms with Gasteiger partial charge in [-0.3, -0.25) is 4.98 Å². The molecule has 13 heavy (non-hydrogen) atoms. The third kappa shape index (κ3) is 2.35. The first kappa shape index (κ1) is 9.85. The van der Waals surface area contributed by atoms with Gasteiger partial charge in [0.15, 0.2) is 5.84 Å². The van der Waals surface area contributed by atoms with Gasteiger partial charge >= 0.3 is 0 Å². The van der Waals surface area contributed by atoms with Gasteiger partial charge in [-0.1, -0.05) is 12.1 Å². The molecule has 0 spiro atoms. The molecule has 0 saturated heterocycles. The van der Waals surface area contributed by atoms with Crippen LogP contribution in [0.2, 0.25) is 0 Å². The molecule has 0 saturated carbocycles. The van der Waals surface area contributed by atoms with E-state index in [2.05, 4.69) is 10.1 Å². The minimum absolute atomic E-state index is 0.123. The van der Waals surface area contributed by atoms with Gasteiger partial charge in [-0.05, 0) is 11.8 Å². The molecule has 70 valence electrons. The van der Waals surface area contributed by atoms with Gasteiger partial charge in [-0.15, -0.1) is 11.8 Å². The summed E-state index contributed by atoms with van der Waals surface area (Å²) >= 11 is 1.61. The molecule has 0 fully saturated rings. The summed E-state index contributed by atoms with van der Waals surface area (Å²) in [6.45, 7) is 2.04. The summed E-state index contributed by atoms with van der Waals surface area (Å²) < 4.78 is 0. The number of nitrogens with two attached hydrogens (primary N) is 1. The molecule has 4 nitrogen and oxygen atoms in total. The van der Waals surface area contributed by atoms with E-state index in [1.165, 1.54) is 0 Å². The van der Waals surface area contributed by atoms with E-state index in [1.54, 1.807) is 30.2 Å². The number of rotatable bonds is 3. The van der Waals surface area contributed by atoms with Crippen LogP contribution in [0.4, 0.5) is 0 Å². The van der Waals surface area contributed by atoms with Crippen molar-refractivity contribution in [3.05, 3.63) is 24.0 Å². The second-order valence-corrected chi connectivity index (χ2v) is 3.60. The molecule has 3 N–H and O–H groups in total. The van der Waals surface area contributed by atoms with Crippen molar-refractivity contribution in [1.29, 1.82) is 0 Å². The van der Waals surface area contributed by atoms with Crippen molar-refractivity contribution in [1.82, 2.24) is 4.98 Å². The quantitative estimate of drug-likeness (QED) is 0.252. The summed E-state index contributed by atoms with van der Waals surface area (Å²) in [5.41, 5.74) is 6.21. The highest BCUT2D eigenvalue weighted by Crippen LogP contribution is 2.20. The number of pyridine rings is 1. The highest BCUT2D eigenvalue weighted by molar-refractivity contribution is 7.99. The average Bonchev–Trinajstić information content (AvgIpc) is 2.18. The highest BCUT2D eigenvalue weighted by atomic mass is 32.2. The molecule has 1 rings (SSSR count). The first-order valence-corrected chi connectivity index (χ1v) is 4.82. The topological polar surface area (TPSA) is 71.5 Å². The molecule has 0 atom stereocenters. The number of amidine groups is 1. The summed E-state index contributed by atoms with van der Waals surface area (Å²) in [7, 11) is 0. The van der Waals surface area contributed by atoms with Crippen LogP contribution in [-0.4, -0.2) is 21.8 Å². The molecule has 5 heteroatoms. The van der Waals surface area contributed by atoms with Crippen molar-refractivity contribution in [3.8, 4) is 0 Å². The number of aromatic nitrogens is 1. The molecular weight excluding hydrogens is 186 g/mol. The normalized spacial score (nSPS) is 11.6. The van der Waals surface area contributed by atoms with Crippen molar-refractivity contribution in [3.63, 3.8) is 0 Å². The van der Waals surface area contributed by atoms with Crippen molar-refractivity contribution in [2.24, 2.45) is 10.9 Å². The zero-order valence-electron chi connectivity index (χ0n) is 7.27. The summed E-state index contributed by atoms with van der Waals surface area (Å²) in [6.07, 6.45) is 3.33. The van der Waals surface area contributed by atoms with Crippen LogP contribution < -0.4 is 5.73 Å². The van der Waals surface area contributed by atoms with Gasteiger partial charge in [0.2, 0.25) is 0 Å². The first-order valence-electron chi connectivity index (χ1n) is 3.84. The van der Waals surface area contributed by atoms with E-state index in [0.29, 0.717) is 0 Å². The molecule has 0 amide bonds. The Bertz CT molecular complexity index is 314. The SMILES string of the molecule is CCSc1cnccc1/C(N)=N/O. The van der Waals surface area contributed by atoms with Crippen LogP contribution in [0.25, 0.3) is 0 Å². The molecule has 0 bridgehead atoms. The fraction of sp³-hybridized carbons (Fsp3) is 0.250. The molecule has 1 aromatic rings. The van der Waals surface area contributed by atoms with Crippen molar-refractivity contribution < 1.29 is 5.21 Å². The van der Waals surface area contributed by atoms with Gasteiger partial charge in [-0.25, -0.2) is 0 Å². The van der Waals surface area contributed by atoms with Crippen LogP contribution in [0.3, 0.4) is 0 Å². The predicted octanol–water partition coefficient (Wildman–Crippen LogP) is 1.29. The van der Waals surface area contributed by atoms with Crippen LogP contribution in [0.1, 0.15) is 12.5 Å². The van der Waals surface area contributed by atoms with Crippen LogP contribution >= 0.6 is 11.8 Å². The van der Waals surface area contributed by atoms with Gasteiger partial charge in [0, 0.05) is 22.9 Å². The van der Waals surface area contributed by atoms with Crippen LogP contribution in [-0.2, 0) is 0 Å². The third-order valence-corrected chi connectivity index (χ3v) is 2.39. The molecule has 1 aromatic heterocycles. The standard InChI is InChI=1S/C8H11N3OS/c1-2-13-7-5-10-4-3-6(7)8(9)11-12/h3-5,12H,2H2,1H3,(H2,9,11). The lowest BCUT2D eigenvalue weighted by Gasteiger charge is -2.04. The molecule has 0 radical (unpaired) electrons. The van der Waals surface area contributed by atoms with Gasteiger partial charge in [0.1, 0.15) is 0 Å². The Labute approximate surface area is 80.9 Å². The van der Waals surface area contributed by atoms with E-state index < -0.39 is 0 Å². The van der Waals surface area contributed by atoms with E-state index in [1.807, 2.05) is 6.92 Å². The number of nitrogens with zero attached hydrogens (tertiary/aromatic N) is 2. The summed E-state index contributed by atoms with van der Waals surface area (Å²) in [5.74, 6) is 1.05. The Balaban J connectivity index is 3.04. The number of hydrogen-bond acceptors (Lipinski definition) is 4. The minimum Gasteiger partial charge on any atom is -0.409 e. The Morgan fingerprint density at radius 3 is 3.15 bits per heavy atom. The van der Waals surface area contributed by atoms with Crippen molar-refractivity contribution in [2.45, 2.75) is 11.8 Å². The first-order chi connectivity index (χ1) is 6.29. The van der Waals surface area contributed by atoms with Crippen LogP contribution in [0.5, 0.6) is 0 Å². The number of thioether (sulfide) groups is 1. The van der Waals surface area contributed by atoms with E-state index in [9.17, 15) is 0 Å². The number of oxime groups is 1. The van der Waals surface area contributed by atoms with Crippen LogP contribution in [0, 0.1) is 0 Å². The summed E-state index contributed by atoms with van der Waals surface area (Å²) in [4.78, 5) is 4.90. The summed E-state index contributed by atoms with van der Waals surface area (Å²) in [5, 5.41) is 11.5. The van der Waals surface area contributed by atoms with E-state index in [4.69, 9.17) is 10.9 Å². The Morgan fingerprint density at radius 2 is 2.54 bits per heavy atom. The molecule has 1 heterocycles. The van der Waals surface area contributed by atoms with Crippen LogP contribution in [0.15, 0.2) is 28.5 Å². The molecule has 0 aliphatic rings. The van der Waals surface area contributed by atoms with Gasteiger partial charge < -0.3 is 10.9 Å². The largest absolute Gasteiger partial charge is 0.409 e. The lowest BCUT2D eigenvalue weighted by molar-refractivity contribution is 0.318. The Morgan fingerprint density at radius 1 is 1.77 bits per heavy atom. The van der Waals surface area contributed by atoms with E-state index in [0.717, 1.165) is 16.2 Å². The zero-order valence-corrected chi connectivity index (χ0v) is 8.08. The fourth-order valence-electron chi connectivity index (χ4n) is 0.916. The zero-order chi connectivity index (χ0) is 9.68. The summed E-state index contributed by atoms with van der Waals surface area (Å²) in [6, 6.07) is 1.73. The molecule has 0 aliphatic heterocycles. The fourth-order valence-corrected chi connectivity index (χ4v) is 1.69. The maximum absolute atomic E-state index is 8.51. The maximum atomic E-state index is 8.51. The maximum Gasteiger partial charge on any atom is 0.171 e. The van der Waals surface area contributed by atoms with Crippen molar-refractivity contribution in [2.75, 3.05) is 5.75 Å². The van der Waals surface area contributed by atoms with Gasteiger partial charge in [-0.2, -0.15) is 0 Å². The average molecular weight is 197 g/mol. The van der Waals surface area contributed by atoms with Gasteiger partial charge in [0.05, 0.1) is 0 Å². The Kier molecular flexibility index (Phi) is 3.57. The lowest BCUT2D eigenvalue weighted by atomic mass is 10.2.